The first kappa shape index (κ1) is 13.4. The monoisotopic (exact) mass is 203 g/mol. The molecule has 14 heavy (non-hydrogen) atoms. The number of nitrogens with two attached hydrogens (primary N) is 2. The lowest BCUT2D eigenvalue weighted by Gasteiger charge is -2.06. The normalized spacial score (nSPS) is 12.7. The first-order chi connectivity index (χ1) is 6.68. The van der Waals surface area contributed by atoms with Crippen molar-refractivity contribution in [1.82, 2.24) is 5.32 Å². The highest BCUT2D eigenvalue weighted by Crippen LogP contribution is 1.97. The molecule has 0 spiro atoms. The van der Waals surface area contributed by atoms with E-state index in [1.165, 1.54) is 0 Å². The first-order valence-electron chi connectivity index (χ1n) is 5.07. The van der Waals surface area contributed by atoms with E-state index >= 15 is 0 Å². The molecular weight excluding hydrogens is 182 g/mol. The van der Waals surface area contributed by atoms with Gasteiger partial charge in [0.15, 0.2) is 0 Å². The number of nitrogens with one attached hydrogen (secondary N) is 1. The van der Waals surface area contributed by atoms with Crippen molar-refractivity contribution >= 4 is 5.97 Å². The molecule has 84 valence electrons. The summed E-state index contributed by atoms with van der Waals surface area (Å²) in [7, 11) is 0. The first-order valence-corrected chi connectivity index (χ1v) is 5.07. The Morgan fingerprint density at radius 3 is 2.50 bits per heavy atom. The summed E-state index contributed by atoms with van der Waals surface area (Å²) in [6.45, 7) is 2.55. The van der Waals surface area contributed by atoms with Crippen molar-refractivity contribution in [1.29, 1.82) is 0 Å². The van der Waals surface area contributed by atoms with E-state index in [1.807, 2.05) is 0 Å². The summed E-state index contributed by atoms with van der Waals surface area (Å²) in [5.41, 5.74) is 10.7. The van der Waals surface area contributed by atoms with Crippen molar-refractivity contribution in [3.63, 3.8) is 0 Å². The Morgan fingerprint density at radius 1 is 1.29 bits per heavy atom. The lowest BCUT2D eigenvalue weighted by molar-refractivity contribution is -0.138. The van der Waals surface area contributed by atoms with Gasteiger partial charge in [0.2, 0.25) is 0 Å². The zero-order valence-electron chi connectivity index (χ0n) is 8.54. The van der Waals surface area contributed by atoms with E-state index in [-0.39, 0.29) is 0 Å². The minimum Gasteiger partial charge on any atom is -0.480 e. The van der Waals surface area contributed by atoms with Crippen LogP contribution in [0.2, 0.25) is 0 Å². The topological polar surface area (TPSA) is 101 Å². The molecule has 0 fully saturated rings. The second-order valence-corrected chi connectivity index (χ2v) is 3.33. The average Bonchev–Trinajstić information content (AvgIpc) is 2.16. The van der Waals surface area contributed by atoms with E-state index in [4.69, 9.17) is 16.6 Å². The lowest BCUT2D eigenvalue weighted by Crippen LogP contribution is -2.30. The SMILES string of the molecule is NCCCNCCCC[C@H](N)C(=O)O. The second-order valence-electron chi connectivity index (χ2n) is 3.33. The van der Waals surface area contributed by atoms with Gasteiger partial charge in [-0.15, -0.1) is 0 Å². The van der Waals surface area contributed by atoms with Crippen LogP contribution in [0, 0.1) is 0 Å². The molecule has 6 N–H and O–H groups in total. The van der Waals surface area contributed by atoms with Gasteiger partial charge in [-0.2, -0.15) is 0 Å². The number of rotatable bonds is 9. The fraction of sp³-hybridized carbons (Fsp3) is 0.889. The fourth-order valence-corrected chi connectivity index (χ4v) is 1.09. The van der Waals surface area contributed by atoms with Crippen LogP contribution in [0.15, 0.2) is 0 Å². The molecule has 0 unspecified atom stereocenters. The van der Waals surface area contributed by atoms with Crippen LogP contribution in [-0.2, 0) is 4.79 Å². The summed E-state index contributed by atoms with van der Waals surface area (Å²) < 4.78 is 0. The maximum Gasteiger partial charge on any atom is 0.320 e. The van der Waals surface area contributed by atoms with Crippen LogP contribution < -0.4 is 16.8 Å². The number of aliphatic carboxylic acids is 1. The van der Waals surface area contributed by atoms with Crippen LogP contribution in [0.1, 0.15) is 25.7 Å². The molecule has 0 aromatic rings. The summed E-state index contributed by atoms with van der Waals surface area (Å²) in [6.07, 6.45) is 3.34. The van der Waals surface area contributed by atoms with E-state index in [0.717, 1.165) is 32.4 Å². The van der Waals surface area contributed by atoms with Gasteiger partial charge in [-0.25, -0.2) is 0 Å². The minimum atomic E-state index is -0.916. The van der Waals surface area contributed by atoms with Crippen molar-refractivity contribution in [3.05, 3.63) is 0 Å². The van der Waals surface area contributed by atoms with E-state index < -0.39 is 12.0 Å². The molecule has 5 nitrogen and oxygen atoms in total. The number of unbranched alkanes of at least 4 members (excludes halogenated alkanes) is 1. The van der Waals surface area contributed by atoms with Crippen LogP contribution in [0.5, 0.6) is 0 Å². The van der Waals surface area contributed by atoms with Crippen molar-refractivity contribution < 1.29 is 9.90 Å². The van der Waals surface area contributed by atoms with Crippen LogP contribution in [0.3, 0.4) is 0 Å². The van der Waals surface area contributed by atoms with E-state index in [0.29, 0.717) is 13.0 Å². The van der Waals surface area contributed by atoms with Crippen molar-refractivity contribution in [2.75, 3.05) is 19.6 Å². The number of hydrogen-bond acceptors (Lipinski definition) is 4. The molecule has 0 aliphatic carbocycles. The fourth-order valence-electron chi connectivity index (χ4n) is 1.09. The molecular formula is C9H21N3O2. The Balaban J connectivity index is 3.09. The lowest BCUT2D eigenvalue weighted by atomic mass is 10.1. The molecule has 0 saturated heterocycles. The largest absolute Gasteiger partial charge is 0.480 e. The quantitative estimate of drug-likeness (QED) is 0.379. The van der Waals surface area contributed by atoms with Crippen molar-refractivity contribution in [2.24, 2.45) is 11.5 Å². The number of hydrogen-bond donors (Lipinski definition) is 4. The smallest absolute Gasteiger partial charge is 0.320 e. The molecule has 0 aliphatic rings. The van der Waals surface area contributed by atoms with E-state index in [1.54, 1.807) is 0 Å². The Kier molecular flexibility index (Phi) is 8.51. The molecule has 0 heterocycles. The van der Waals surface area contributed by atoms with Gasteiger partial charge >= 0.3 is 5.97 Å². The Morgan fingerprint density at radius 2 is 1.93 bits per heavy atom. The van der Waals surface area contributed by atoms with Gasteiger partial charge in [0.05, 0.1) is 0 Å². The molecule has 5 heteroatoms. The zero-order valence-corrected chi connectivity index (χ0v) is 8.54. The molecule has 0 aliphatic heterocycles. The van der Waals surface area contributed by atoms with Gasteiger partial charge in [-0.05, 0) is 38.9 Å². The third-order valence-corrected chi connectivity index (χ3v) is 1.99. The maximum atomic E-state index is 10.3. The van der Waals surface area contributed by atoms with Crippen LogP contribution in [0.4, 0.5) is 0 Å². The summed E-state index contributed by atoms with van der Waals surface area (Å²) in [4.78, 5) is 10.3. The number of carbonyl (C=O) groups is 1. The van der Waals surface area contributed by atoms with Crippen LogP contribution in [-0.4, -0.2) is 36.8 Å². The molecule has 0 rings (SSSR count). The highest BCUT2D eigenvalue weighted by molar-refractivity contribution is 5.72. The molecule has 0 aromatic heterocycles. The molecule has 0 bridgehead atoms. The Labute approximate surface area is 84.8 Å². The van der Waals surface area contributed by atoms with Crippen LogP contribution >= 0.6 is 0 Å². The summed E-state index contributed by atoms with van der Waals surface area (Å²) in [5.74, 6) is -0.916. The molecule has 0 amide bonds. The molecule has 0 aromatic carbocycles. The summed E-state index contributed by atoms with van der Waals surface area (Å²) in [6, 6.07) is -0.709. The van der Waals surface area contributed by atoms with Crippen LogP contribution in [0.25, 0.3) is 0 Å². The average molecular weight is 203 g/mol. The highest BCUT2D eigenvalue weighted by Gasteiger charge is 2.09. The van der Waals surface area contributed by atoms with Gasteiger partial charge in [0, 0.05) is 0 Å². The third-order valence-electron chi connectivity index (χ3n) is 1.99. The highest BCUT2D eigenvalue weighted by atomic mass is 16.4. The summed E-state index contributed by atoms with van der Waals surface area (Å²) in [5, 5.41) is 11.7. The maximum absolute atomic E-state index is 10.3. The van der Waals surface area contributed by atoms with Gasteiger partial charge < -0.3 is 21.9 Å². The number of carboxylic acids is 1. The molecule has 0 saturated carbocycles. The minimum absolute atomic E-state index is 0.550. The molecule has 1 atom stereocenters. The van der Waals surface area contributed by atoms with E-state index in [9.17, 15) is 4.79 Å². The van der Waals surface area contributed by atoms with E-state index in [2.05, 4.69) is 5.32 Å². The van der Waals surface area contributed by atoms with Gasteiger partial charge in [0.25, 0.3) is 0 Å². The third kappa shape index (κ3) is 7.97. The summed E-state index contributed by atoms with van der Waals surface area (Å²) >= 11 is 0. The van der Waals surface area contributed by atoms with Gasteiger partial charge in [-0.1, -0.05) is 6.42 Å². The molecule has 0 radical (unpaired) electrons. The second kappa shape index (κ2) is 8.93. The Hall–Kier alpha value is -0.650. The Bertz CT molecular complexity index is 153. The predicted octanol–water partition coefficient (Wildman–Crippen LogP) is -0.493. The predicted molar refractivity (Wildman–Crippen MR) is 56.0 cm³/mol. The van der Waals surface area contributed by atoms with Gasteiger partial charge in [-0.3, -0.25) is 4.79 Å². The zero-order chi connectivity index (χ0) is 10.8. The van der Waals surface area contributed by atoms with Gasteiger partial charge in [0.1, 0.15) is 6.04 Å². The van der Waals surface area contributed by atoms with Crippen molar-refractivity contribution in [2.45, 2.75) is 31.7 Å². The van der Waals surface area contributed by atoms with Crippen molar-refractivity contribution in [3.8, 4) is 0 Å². The standard InChI is InChI=1S/C9H21N3O2/c10-5-3-7-12-6-2-1-4-8(11)9(13)14/h8,12H,1-7,10-11H2,(H,13,14)/t8-/m0/s1. The number of carboxylic acid groups (broad SMARTS) is 1.